The third kappa shape index (κ3) is 4.57. The van der Waals surface area contributed by atoms with Crippen LogP contribution in [0.3, 0.4) is 0 Å². The van der Waals surface area contributed by atoms with Gasteiger partial charge in [0.2, 0.25) is 11.8 Å². The third-order valence-corrected chi connectivity index (χ3v) is 4.21. The van der Waals surface area contributed by atoms with Gasteiger partial charge >= 0.3 is 6.03 Å². The summed E-state index contributed by atoms with van der Waals surface area (Å²) in [4.78, 5) is 30.3. The quantitative estimate of drug-likeness (QED) is 0.819. The number of hydrogen-bond acceptors (Lipinski definition) is 4. The van der Waals surface area contributed by atoms with Crippen LogP contribution in [0.15, 0.2) is 42.6 Å². The van der Waals surface area contributed by atoms with Crippen molar-refractivity contribution in [1.29, 1.82) is 0 Å². The monoisotopic (exact) mass is 386 g/mol. The molecule has 2 aromatic rings. The van der Waals surface area contributed by atoms with Crippen LogP contribution >= 0.6 is 0 Å². The fourth-order valence-corrected chi connectivity index (χ4v) is 2.98. The molecule has 1 aromatic heterocycles. The van der Waals surface area contributed by atoms with Gasteiger partial charge in [0, 0.05) is 20.0 Å². The second kappa shape index (κ2) is 7.84. The average molecular weight is 386 g/mol. The number of ether oxygens (including phenoxy) is 1. The molecule has 8 heteroatoms. The van der Waals surface area contributed by atoms with Gasteiger partial charge in [-0.05, 0) is 36.2 Å². The summed E-state index contributed by atoms with van der Waals surface area (Å²) >= 11 is 0. The van der Waals surface area contributed by atoms with Crippen LogP contribution in [0.2, 0.25) is 0 Å². The number of aromatic nitrogens is 1. The molecule has 0 saturated carbocycles. The number of alkyl halides is 1. The van der Waals surface area contributed by atoms with Gasteiger partial charge in [0.1, 0.15) is 12.3 Å². The van der Waals surface area contributed by atoms with Crippen LogP contribution in [0, 0.1) is 0 Å². The molecule has 3 rings (SSSR count). The highest BCUT2D eigenvalue weighted by Crippen LogP contribution is 2.28. The number of nitrogens with one attached hydrogen (secondary N) is 2. The summed E-state index contributed by atoms with van der Waals surface area (Å²) in [6, 6.07) is 9.59. The molecular weight excluding hydrogens is 363 g/mol. The number of hydrogen-bond donors (Lipinski definition) is 2. The Kier molecular flexibility index (Phi) is 5.48. The Morgan fingerprint density at radius 2 is 2.07 bits per heavy atom. The molecule has 0 fully saturated rings. The number of carbonyl (C=O) groups is 2. The minimum atomic E-state index is -1.77. The van der Waals surface area contributed by atoms with E-state index in [2.05, 4.69) is 15.6 Å². The fourth-order valence-electron chi connectivity index (χ4n) is 2.98. The van der Waals surface area contributed by atoms with Crippen molar-refractivity contribution in [2.45, 2.75) is 39.1 Å². The van der Waals surface area contributed by atoms with Crippen LogP contribution in [0.5, 0.6) is 5.75 Å². The summed E-state index contributed by atoms with van der Waals surface area (Å²) in [5, 5.41) is 5.63. The van der Waals surface area contributed by atoms with Crippen molar-refractivity contribution in [3.05, 3.63) is 48.2 Å². The first-order valence-corrected chi connectivity index (χ1v) is 9.07. The van der Waals surface area contributed by atoms with Crippen molar-refractivity contribution in [2.75, 3.05) is 16.8 Å². The Labute approximate surface area is 162 Å². The van der Waals surface area contributed by atoms with Gasteiger partial charge in [0.05, 0.1) is 11.7 Å². The first-order chi connectivity index (χ1) is 13.3. The molecule has 0 aliphatic carbocycles. The summed E-state index contributed by atoms with van der Waals surface area (Å²) in [5.41, 5.74) is 1.35. The second-order valence-electron chi connectivity index (χ2n) is 6.95. The van der Waals surface area contributed by atoms with E-state index in [0.717, 1.165) is 5.56 Å². The van der Waals surface area contributed by atoms with Crippen LogP contribution in [-0.4, -0.2) is 29.3 Å². The lowest BCUT2D eigenvalue weighted by Crippen LogP contribution is -2.48. The Morgan fingerprint density at radius 3 is 2.71 bits per heavy atom. The van der Waals surface area contributed by atoms with Gasteiger partial charge in [-0.1, -0.05) is 19.1 Å². The summed E-state index contributed by atoms with van der Waals surface area (Å²) in [6.45, 7) is 4.49. The third-order valence-electron chi connectivity index (χ3n) is 4.21. The standard InChI is InChI=1S/C20H23FN4O3/c1-4-15(13-7-9-14(10-8-13)28-20(2,3)21)24-19(27)25-12-17(26)23-16-6-5-11-22-18(16)25/h5-11,15H,4,12H2,1-3H3,(H,23,26)(H,24,27). The Morgan fingerprint density at radius 1 is 1.36 bits per heavy atom. The lowest BCUT2D eigenvalue weighted by atomic mass is 10.0. The van der Waals surface area contributed by atoms with E-state index >= 15 is 0 Å². The molecule has 0 saturated heterocycles. The van der Waals surface area contributed by atoms with Gasteiger partial charge in [0.25, 0.3) is 0 Å². The van der Waals surface area contributed by atoms with Gasteiger partial charge in [0.15, 0.2) is 5.82 Å². The number of halogens is 1. The maximum Gasteiger partial charge on any atom is 0.324 e. The zero-order chi connectivity index (χ0) is 20.3. The molecule has 148 valence electrons. The molecule has 1 atom stereocenters. The molecule has 28 heavy (non-hydrogen) atoms. The van der Waals surface area contributed by atoms with E-state index in [-0.39, 0.29) is 18.5 Å². The molecule has 0 spiro atoms. The molecule has 1 aliphatic rings. The highest BCUT2D eigenvalue weighted by molar-refractivity contribution is 6.08. The Bertz CT molecular complexity index is 864. The Hall–Kier alpha value is -3.16. The smallest absolute Gasteiger partial charge is 0.324 e. The normalized spacial score (nSPS) is 14.7. The molecule has 2 heterocycles. The van der Waals surface area contributed by atoms with E-state index in [1.54, 1.807) is 42.6 Å². The van der Waals surface area contributed by atoms with Gasteiger partial charge in [-0.3, -0.25) is 9.69 Å². The van der Waals surface area contributed by atoms with Crippen molar-refractivity contribution in [2.24, 2.45) is 0 Å². The molecule has 2 N–H and O–H groups in total. The van der Waals surface area contributed by atoms with Gasteiger partial charge < -0.3 is 15.4 Å². The van der Waals surface area contributed by atoms with Crippen LogP contribution < -0.4 is 20.3 Å². The molecule has 1 aromatic carbocycles. The van der Waals surface area contributed by atoms with Crippen molar-refractivity contribution >= 4 is 23.4 Å². The van der Waals surface area contributed by atoms with Crippen LogP contribution in [0.25, 0.3) is 0 Å². The maximum absolute atomic E-state index is 13.6. The van der Waals surface area contributed by atoms with Crippen LogP contribution in [0.4, 0.5) is 20.7 Å². The molecule has 3 amide bonds. The van der Waals surface area contributed by atoms with E-state index in [4.69, 9.17) is 4.74 Å². The van der Waals surface area contributed by atoms with Crippen LogP contribution in [-0.2, 0) is 4.79 Å². The number of rotatable bonds is 5. The van der Waals surface area contributed by atoms with Crippen LogP contribution in [0.1, 0.15) is 38.8 Å². The van der Waals surface area contributed by atoms with Crippen molar-refractivity contribution < 1.29 is 18.7 Å². The van der Waals surface area contributed by atoms with Crippen molar-refractivity contribution in [3.63, 3.8) is 0 Å². The minimum absolute atomic E-state index is 0.107. The zero-order valence-electron chi connectivity index (χ0n) is 16.0. The number of pyridine rings is 1. The Balaban J connectivity index is 1.74. The molecule has 0 bridgehead atoms. The number of nitrogens with zero attached hydrogens (tertiary/aromatic N) is 2. The number of urea groups is 1. The average Bonchev–Trinajstić information content (AvgIpc) is 2.64. The lowest BCUT2D eigenvalue weighted by molar-refractivity contribution is -0.115. The van der Waals surface area contributed by atoms with E-state index in [0.29, 0.717) is 23.7 Å². The van der Waals surface area contributed by atoms with E-state index < -0.39 is 11.9 Å². The summed E-state index contributed by atoms with van der Waals surface area (Å²) < 4.78 is 18.8. The predicted molar refractivity (Wildman–Crippen MR) is 104 cm³/mol. The zero-order valence-corrected chi connectivity index (χ0v) is 16.0. The summed E-state index contributed by atoms with van der Waals surface area (Å²) in [5.74, 6) is -1.24. The van der Waals surface area contributed by atoms with Crippen molar-refractivity contribution in [3.8, 4) is 5.75 Å². The number of fused-ring (bicyclic) bond motifs is 1. The highest BCUT2D eigenvalue weighted by atomic mass is 19.2. The molecular formula is C20H23FN4O3. The molecule has 0 radical (unpaired) electrons. The number of amides is 3. The predicted octanol–water partition coefficient (Wildman–Crippen LogP) is 3.79. The summed E-state index contributed by atoms with van der Waals surface area (Å²) in [6.07, 6.45) is 2.20. The second-order valence-corrected chi connectivity index (χ2v) is 6.95. The number of benzene rings is 1. The maximum atomic E-state index is 13.6. The first kappa shape index (κ1) is 19.6. The highest BCUT2D eigenvalue weighted by Gasteiger charge is 2.29. The first-order valence-electron chi connectivity index (χ1n) is 9.07. The van der Waals surface area contributed by atoms with Gasteiger partial charge in [-0.2, -0.15) is 4.39 Å². The number of anilines is 2. The van der Waals surface area contributed by atoms with E-state index in [1.165, 1.54) is 18.7 Å². The van der Waals surface area contributed by atoms with Crippen molar-refractivity contribution in [1.82, 2.24) is 10.3 Å². The van der Waals surface area contributed by atoms with Gasteiger partial charge in [-0.25, -0.2) is 9.78 Å². The van der Waals surface area contributed by atoms with Gasteiger partial charge in [-0.15, -0.1) is 0 Å². The number of carbonyl (C=O) groups excluding carboxylic acids is 2. The SMILES string of the molecule is CCC(NC(=O)N1CC(=O)Nc2cccnc21)c1ccc(OC(C)(C)F)cc1. The van der Waals surface area contributed by atoms with E-state index in [1.807, 2.05) is 6.92 Å². The topological polar surface area (TPSA) is 83.6 Å². The molecule has 7 nitrogen and oxygen atoms in total. The fraction of sp³-hybridized carbons (Fsp3) is 0.350. The largest absolute Gasteiger partial charge is 0.459 e. The summed E-state index contributed by atoms with van der Waals surface area (Å²) in [7, 11) is 0. The lowest BCUT2D eigenvalue weighted by Gasteiger charge is -2.29. The minimum Gasteiger partial charge on any atom is -0.459 e. The molecule has 1 aliphatic heterocycles. The van der Waals surface area contributed by atoms with E-state index in [9.17, 15) is 14.0 Å². The molecule has 1 unspecified atom stereocenters.